The minimum Gasteiger partial charge on any atom is -0.494 e. The van der Waals surface area contributed by atoms with Gasteiger partial charge >= 0.3 is 0 Å². The second-order valence-corrected chi connectivity index (χ2v) is 6.69. The highest BCUT2D eigenvalue weighted by Gasteiger charge is 2.25. The van der Waals surface area contributed by atoms with Crippen molar-refractivity contribution in [2.24, 2.45) is 5.10 Å². The van der Waals surface area contributed by atoms with Crippen molar-refractivity contribution >= 4 is 17.9 Å². The summed E-state index contributed by atoms with van der Waals surface area (Å²) in [7, 11) is 0. The van der Waals surface area contributed by atoms with Crippen LogP contribution in [0.3, 0.4) is 0 Å². The first-order valence-electron chi connectivity index (χ1n) is 9.74. The van der Waals surface area contributed by atoms with Crippen LogP contribution in [0.1, 0.15) is 35.4 Å². The minimum absolute atomic E-state index is 0.00222. The van der Waals surface area contributed by atoms with Crippen molar-refractivity contribution in [2.75, 3.05) is 12.3 Å². The van der Waals surface area contributed by atoms with E-state index < -0.39 is 5.91 Å². The molecule has 4 rings (SSSR count). The molecule has 12 nitrogen and oxygen atoms in total. The number of anilines is 1. The van der Waals surface area contributed by atoms with Crippen molar-refractivity contribution in [2.45, 2.75) is 20.3 Å². The van der Waals surface area contributed by atoms with Crippen molar-refractivity contribution in [3.8, 4) is 22.8 Å². The molecule has 3 aromatic heterocycles. The standard InChI is InChI=1S/C20H20N8O4/c1-3-10-30-14-8-5-13(6-9-14)17-16(23-27-28(17)19-18(21)25-32-26-19)20(29)24-22-11-15-7-4-12(2)31-15/h4-9,11H,3,10H2,1-2H3,(H2,21,25)(H,24,29)/b22-11-. The van der Waals surface area contributed by atoms with Crippen LogP contribution in [0.2, 0.25) is 0 Å². The number of aromatic nitrogens is 5. The van der Waals surface area contributed by atoms with Gasteiger partial charge in [-0.25, -0.2) is 10.1 Å². The molecule has 3 heterocycles. The Labute approximate surface area is 182 Å². The molecule has 164 valence electrons. The zero-order valence-electron chi connectivity index (χ0n) is 17.3. The topological polar surface area (TPSA) is 159 Å². The molecule has 1 aromatic carbocycles. The fraction of sp³-hybridized carbons (Fsp3) is 0.200. The van der Waals surface area contributed by atoms with E-state index >= 15 is 0 Å². The van der Waals surface area contributed by atoms with Crippen molar-refractivity contribution in [3.63, 3.8) is 0 Å². The third kappa shape index (κ3) is 4.33. The number of hydrazone groups is 1. The van der Waals surface area contributed by atoms with Gasteiger partial charge in [0, 0.05) is 5.56 Å². The van der Waals surface area contributed by atoms with Crippen LogP contribution >= 0.6 is 0 Å². The first-order valence-corrected chi connectivity index (χ1v) is 9.74. The summed E-state index contributed by atoms with van der Waals surface area (Å²) in [5, 5.41) is 19.3. The van der Waals surface area contributed by atoms with E-state index in [-0.39, 0.29) is 17.3 Å². The Morgan fingerprint density at radius 2 is 2.06 bits per heavy atom. The van der Waals surface area contributed by atoms with Gasteiger partial charge in [0.2, 0.25) is 11.6 Å². The van der Waals surface area contributed by atoms with Crippen LogP contribution in [0, 0.1) is 6.92 Å². The Morgan fingerprint density at radius 3 is 2.72 bits per heavy atom. The number of nitrogen functional groups attached to an aromatic ring is 1. The second-order valence-electron chi connectivity index (χ2n) is 6.69. The first kappa shape index (κ1) is 20.8. The van der Waals surface area contributed by atoms with Crippen LogP contribution < -0.4 is 15.9 Å². The molecule has 0 saturated carbocycles. The van der Waals surface area contributed by atoms with Gasteiger partial charge in [-0.3, -0.25) is 4.79 Å². The van der Waals surface area contributed by atoms with Crippen molar-refractivity contribution in [3.05, 3.63) is 53.6 Å². The highest BCUT2D eigenvalue weighted by Crippen LogP contribution is 2.28. The highest BCUT2D eigenvalue weighted by molar-refractivity contribution is 5.98. The van der Waals surface area contributed by atoms with Gasteiger partial charge in [-0.15, -0.1) is 5.10 Å². The number of nitrogens with one attached hydrogen (secondary N) is 1. The van der Waals surface area contributed by atoms with E-state index in [1.54, 1.807) is 36.4 Å². The number of benzene rings is 1. The number of hydrogen-bond donors (Lipinski definition) is 2. The van der Waals surface area contributed by atoms with E-state index in [4.69, 9.17) is 14.9 Å². The predicted molar refractivity (Wildman–Crippen MR) is 113 cm³/mol. The molecule has 4 aromatic rings. The highest BCUT2D eigenvalue weighted by atomic mass is 16.6. The van der Waals surface area contributed by atoms with Gasteiger partial charge in [0.25, 0.3) is 5.91 Å². The number of carbonyl (C=O) groups excluding carboxylic acids is 1. The van der Waals surface area contributed by atoms with Crippen LogP contribution in [0.25, 0.3) is 17.1 Å². The molecule has 1 amide bonds. The molecular weight excluding hydrogens is 416 g/mol. The molecule has 0 spiro atoms. The third-order valence-corrected chi connectivity index (χ3v) is 4.30. The Morgan fingerprint density at radius 1 is 1.25 bits per heavy atom. The van der Waals surface area contributed by atoms with Gasteiger partial charge in [0.15, 0.2) is 5.69 Å². The summed E-state index contributed by atoms with van der Waals surface area (Å²) in [5.74, 6) is 1.43. The lowest BCUT2D eigenvalue weighted by atomic mass is 10.1. The summed E-state index contributed by atoms with van der Waals surface area (Å²) in [6.45, 7) is 4.43. The predicted octanol–water partition coefficient (Wildman–Crippen LogP) is 2.35. The molecule has 3 N–H and O–H groups in total. The molecule has 0 saturated heterocycles. The molecular formula is C20H20N8O4. The fourth-order valence-electron chi connectivity index (χ4n) is 2.84. The lowest BCUT2D eigenvalue weighted by Gasteiger charge is -2.08. The van der Waals surface area contributed by atoms with Crippen molar-refractivity contribution in [1.82, 2.24) is 30.7 Å². The van der Waals surface area contributed by atoms with Crippen LogP contribution in [0.15, 0.2) is 50.5 Å². The quantitative estimate of drug-likeness (QED) is 0.312. The van der Waals surface area contributed by atoms with E-state index in [0.29, 0.717) is 29.4 Å². The summed E-state index contributed by atoms with van der Waals surface area (Å²) in [4.78, 5) is 12.8. The van der Waals surface area contributed by atoms with Gasteiger partial charge in [-0.05, 0) is 60.1 Å². The largest absolute Gasteiger partial charge is 0.494 e. The van der Waals surface area contributed by atoms with Crippen LogP contribution in [-0.4, -0.2) is 44.0 Å². The average Bonchev–Trinajstić information content (AvgIpc) is 3.52. The molecule has 12 heteroatoms. The number of nitrogens with zero attached hydrogens (tertiary/aromatic N) is 6. The maximum Gasteiger partial charge on any atom is 0.294 e. The summed E-state index contributed by atoms with van der Waals surface area (Å²) in [6, 6.07) is 10.6. The maximum absolute atomic E-state index is 12.8. The number of hydrogen-bond acceptors (Lipinski definition) is 10. The Bertz CT molecular complexity index is 1240. The van der Waals surface area contributed by atoms with E-state index in [1.807, 2.05) is 13.8 Å². The molecule has 32 heavy (non-hydrogen) atoms. The fourth-order valence-corrected chi connectivity index (χ4v) is 2.84. The van der Waals surface area contributed by atoms with Crippen LogP contribution in [-0.2, 0) is 0 Å². The van der Waals surface area contributed by atoms with Crippen LogP contribution in [0.5, 0.6) is 5.75 Å². The van der Waals surface area contributed by atoms with E-state index in [2.05, 4.69) is 35.8 Å². The number of aryl methyl sites for hydroxylation is 1. The number of amides is 1. The first-order chi connectivity index (χ1) is 15.6. The lowest BCUT2D eigenvalue weighted by Crippen LogP contribution is -2.19. The van der Waals surface area contributed by atoms with Crippen LogP contribution in [0.4, 0.5) is 5.82 Å². The monoisotopic (exact) mass is 436 g/mol. The van der Waals surface area contributed by atoms with E-state index in [9.17, 15) is 4.79 Å². The molecule has 0 aliphatic heterocycles. The number of ether oxygens (including phenoxy) is 1. The zero-order valence-corrected chi connectivity index (χ0v) is 17.3. The van der Waals surface area contributed by atoms with Gasteiger partial charge in [-0.1, -0.05) is 12.1 Å². The minimum atomic E-state index is -0.591. The Kier molecular flexibility index (Phi) is 5.92. The maximum atomic E-state index is 12.8. The number of carbonyl (C=O) groups is 1. The third-order valence-electron chi connectivity index (χ3n) is 4.30. The SMILES string of the molecule is CCCOc1ccc(-c2c(C(=O)N/N=C\c3ccc(C)o3)nnn2-c2nonc2N)cc1. The summed E-state index contributed by atoms with van der Waals surface area (Å²) in [5.41, 5.74) is 9.19. The van der Waals surface area contributed by atoms with Gasteiger partial charge < -0.3 is 14.9 Å². The second kappa shape index (κ2) is 9.12. The molecule has 0 aliphatic carbocycles. The van der Waals surface area contributed by atoms with Gasteiger partial charge in [0.05, 0.1) is 12.8 Å². The Balaban J connectivity index is 1.66. The number of furan rings is 1. The molecule has 0 unspecified atom stereocenters. The summed E-state index contributed by atoms with van der Waals surface area (Å²) in [6.07, 6.45) is 2.27. The Hall–Kier alpha value is -4.48. The molecule has 0 aliphatic rings. The summed E-state index contributed by atoms with van der Waals surface area (Å²) >= 11 is 0. The van der Waals surface area contributed by atoms with Gasteiger partial charge in [0.1, 0.15) is 23.0 Å². The molecule has 0 fully saturated rings. The summed E-state index contributed by atoms with van der Waals surface area (Å²) < 4.78 is 17.0. The van der Waals surface area contributed by atoms with Gasteiger partial charge in [-0.2, -0.15) is 9.78 Å². The average molecular weight is 436 g/mol. The molecule has 0 radical (unpaired) electrons. The number of rotatable bonds is 8. The smallest absolute Gasteiger partial charge is 0.294 e. The van der Waals surface area contributed by atoms with Crippen molar-refractivity contribution < 1.29 is 18.6 Å². The normalized spacial score (nSPS) is 11.2. The van der Waals surface area contributed by atoms with Crippen molar-refractivity contribution in [1.29, 1.82) is 0 Å². The number of nitrogens with two attached hydrogens (primary N) is 1. The zero-order chi connectivity index (χ0) is 22.5. The lowest BCUT2D eigenvalue weighted by molar-refractivity contribution is 0.0950. The molecule has 0 bridgehead atoms. The van der Waals surface area contributed by atoms with E-state index in [1.165, 1.54) is 10.9 Å². The molecule has 0 atom stereocenters. The van der Waals surface area contributed by atoms with E-state index in [0.717, 1.165) is 12.2 Å².